The van der Waals surface area contributed by atoms with Crippen molar-refractivity contribution < 1.29 is 9.53 Å². The lowest BCUT2D eigenvalue weighted by Crippen LogP contribution is -2.18. The van der Waals surface area contributed by atoms with Gasteiger partial charge < -0.3 is 4.74 Å². The highest BCUT2D eigenvalue weighted by atomic mass is 35.5. The van der Waals surface area contributed by atoms with E-state index in [0.717, 1.165) is 0 Å². The van der Waals surface area contributed by atoms with Gasteiger partial charge >= 0.3 is 5.97 Å². The molecule has 2 nitrogen and oxygen atoms in total. The van der Waals surface area contributed by atoms with E-state index < -0.39 is 16.2 Å². The topological polar surface area (TPSA) is 26.3 Å². The SMILES string of the molecule is COC(=O)[C@@H](Cl)CC(Cl)Cl. The molecule has 0 fully saturated rings. The maximum absolute atomic E-state index is 10.6. The van der Waals surface area contributed by atoms with Gasteiger partial charge in [-0.3, -0.25) is 4.79 Å². The number of halogens is 3. The summed E-state index contributed by atoms with van der Waals surface area (Å²) in [4.78, 5) is 9.95. The smallest absolute Gasteiger partial charge is 0.323 e. The second-order valence-electron chi connectivity index (χ2n) is 1.62. The van der Waals surface area contributed by atoms with Gasteiger partial charge in [-0.15, -0.1) is 34.8 Å². The predicted octanol–water partition coefficient (Wildman–Crippen LogP) is 1.96. The summed E-state index contributed by atoms with van der Waals surface area (Å²) in [6.45, 7) is 0. The summed E-state index contributed by atoms with van der Waals surface area (Å²) in [6, 6.07) is 0. The number of hydrogen-bond donors (Lipinski definition) is 0. The molecule has 10 heavy (non-hydrogen) atoms. The lowest BCUT2D eigenvalue weighted by Gasteiger charge is -2.05. The highest BCUT2D eigenvalue weighted by molar-refractivity contribution is 6.45. The summed E-state index contributed by atoms with van der Waals surface area (Å²) in [7, 11) is 1.26. The van der Waals surface area contributed by atoms with Gasteiger partial charge in [0, 0.05) is 6.42 Å². The van der Waals surface area contributed by atoms with Crippen LogP contribution >= 0.6 is 34.8 Å². The third kappa shape index (κ3) is 4.20. The first-order valence-electron chi connectivity index (χ1n) is 2.58. The average molecular weight is 205 g/mol. The van der Waals surface area contributed by atoms with Gasteiger partial charge in [0.15, 0.2) is 0 Å². The van der Waals surface area contributed by atoms with Crippen LogP contribution in [0, 0.1) is 0 Å². The molecule has 1 atom stereocenters. The van der Waals surface area contributed by atoms with Crippen molar-refractivity contribution in [3.8, 4) is 0 Å². The molecule has 0 unspecified atom stereocenters. The maximum atomic E-state index is 10.6. The molecule has 0 saturated heterocycles. The lowest BCUT2D eigenvalue weighted by molar-refractivity contribution is -0.140. The van der Waals surface area contributed by atoms with Crippen LogP contribution in [0.4, 0.5) is 0 Å². The number of alkyl halides is 3. The van der Waals surface area contributed by atoms with Crippen molar-refractivity contribution >= 4 is 40.8 Å². The second kappa shape index (κ2) is 5.05. The zero-order chi connectivity index (χ0) is 8.15. The molecule has 0 aliphatic heterocycles. The maximum Gasteiger partial charge on any atom is 0.323 e. The van der Waals surface area contributed by atoms with E-state index >= 15 is 0 Å². The van der Waals surface area contributed by atoms with Gasteiger partial charge in [-0.1, -0.05) is 0 Å². The van der Waals surface area contributed by atoms with Crippen molar-refractivity contribution in [3.63, 3.8) is 0 Å². The average Bonchev–Trinajstić information content (AvgIpc) is 1.85. The number of methoxy groups -OCH3 is 1. The van der Waals surface area contributed by atoms with Gasteiger partial charge in [-0.25, -0.2) is 0 Å². The third-order valence-corrected chi connectivity index (χ3v) is 1.55. The van der Waals surface area contributed by atoms with E-state index in [0.29, 0.717) is 0 Å². The highest BCUT2D eigenvalue weighted by Gasteiger charge is 2.18. The molecule has 0 spiro atoms. The molecule has 0 saturated carbocycles. The van der Waals surface area contributed by atoms with Crippen LogP contribution < -0.4 is 0 Å². The van der Waals surface area contributed by atoms with Gasteiger partial charge in [0.1, 0.15) is 10.2 Å². The van der Waals surface area contributed by atoms with E-state index in [4.69, 9.17) is 34.8 Å². The Morgan fingerprint density at radius 2 is 2.00 bits per heavy atom. The van der Waals surface area contributed by atoms with Crippen molar-refractivity contribution in [1.29, 1.82) is 0 Å². The first-order chi connectivity index (χ1) is 4.57. The molecule has 0 aromatic rings. The monoisotopic (exact) mass is 204 g/mol. The van der Waals surface area contributed by atoms with Crippen molar-refractivity contribution in [3.05, 3.63) is 0 Å². The summed E-state index contributed by atoms with van der Waals surface area (Å²) in [5.41, 5.74) is 0. The third-order valence-electron chi connectivity index (χ3n) is 0.842. The largest absolute Gasteiger partial charge is 0.468 e. The molecule has 0 aromatic heterocycles. The fourth-order valence-corrected chi connectivity index (χ4v) is 1.19. The van der Waals surface area contributed by atoms with E-state index in [1.54, 1.807) is 0 Å². The molecule has 0 aromatic carbocycles. The summed E-state index contributed by atoms with van der Waals surface area (Å²) in [5.74, 6) is -0.507. The van der Waals surface area contributed by atoms with Crippen molar-refractivity contribution in [2.75, 3.05) is 7.11 Å². The zero-order valence-corrected chi connectivity index (χ0v) is 7.58. The number of ether oxygens (including phenoxy) is 1. The van der Waals surface area contributed by atoms with Gasteiger partial charge in [0.2, 0.25) is 0 Å². The minimum atomic E-state index is -0.745. The predicted molar refractivity (Wildman–Crippen MR) is 41.8 cm³/mol. The molecule has 0 bridgehead atoms. The Balaban J connectivity index is 3.61. The van der Waals surface area contributed by atoms with Crippen molar-refractivity contribution in [1.82, 2.24) is 0 Å². The van der Waals surface area contributed by atoms with Gasteiger partial charge in [-0.2, -0.15) is 0 Å². The molecule has 0 aliphatic rings. The molecular formula is C5H7Cl3O2. The number of esters is 1. The Hall–Kier alpha value is 0.340. The summed E-state index contributed by atoms with van der Waals surface area (Å²) in [5, 5.41) is -0.745. The normalized spacial score (nSPS) is 13.3. The van der Waals surface area contributed by atoms with Crippen LogP contribution in [0.3, 0.4) is 0 Å². The molecule has 0 radical (unpaired) electrons. The molecule has 0 N–H and O–H groups in total. The van der Waals surface area contributed by atoms with E-state index in [-0.39, 0.29) is 6.42 Å². The molecule has 0 heterocycles. The van der Waals surface area contributed by atoms with E-state index in [2.05, 4.69) is 4.74 Å². The van der Waals surface area contributed by atoms with Crippen LogP contribution in [0.15, 0.2) is 0 Å². The molecule has 0 rings (SSSR count). The van der Waals surface area contributed by atoms with Crippen LogP contribution in [0.25, 0.3) is 0 Å². The minimum Gasteiger partial charge on any atom is -0.468 e. The Morgan fingerprint density at radius 3 is 2.30 bits per heavy atom. The number of carbonyl (C=O) groups excluding carboxylic acids is 1. The Labute approximate surface area is 74.4 Å². The summed E-state index contributed by atoms with van der Waals surface area (Å²) in [6.07, 6.45) is 0.206. The Bertz CT molecular complexity index is 115. The Morgan fingerprint density at radius 1 is 1.50 bits per heavy atom. The van der Waals surface area contributed by atoms with Crippen molar-refractivity contribution in [2.45, 2.75) is 16.6 Å². The molecular weight excluding hydrogens is 198 g/mol. The van der Waals surface area contributed by atoms with Gasteiger partial charge in [0.25, 0.3) is 0 Å². The quantitative estimate of drug-likeness (QED) is 0.520. The summed E-state index contributed by atoms with van der Waals surface area (Å²) < 4.78 is 4.32. The zero-order valence-electron chi connectivity index (χ0n) is 5.31. The lowest BCUT2D eigenvalue weighted by atomic mass is 10.3. The van der Waals surface area contributed by atoms with Crippen molar-refractivity contribution in [2.24, 2.45) is 0 Å². The fraction of sp³-hybridized carbons (Fsp3) is 0.800. The summed E-state index contributed by atoms with van der Waals surface area (Å²) >= 11 is 16.2. The van der Waals surface area contributed by atoms with Crippen LogP contribution in [0.2, 0.25) is 0 Å². The van der Waals surface area contributed by atoms with Crippen LogP contribution in [-0.2, 0) is 9.53 Å². The van der Waals surface area contributed by atoms with Crippen LogP contribution in [0.1, 0.15) is 6.42 Å². The standard InChI is InChI=1S/C5H7Cl3O2/c1-10-5(9)3(6)2-4(7)8/h3-4H,2H2,1H3/t3-/m0/s1. The first-order valence-corrected chi connectivity index (χ1v) is 3.89. The number of rotatable bonds is 3. The van der Waals surface area contributed by atoms with Gasteiger partial charge in [0.05, 0.1) is 7.11 Å². The van der Waals surface area contributed by atoms with Crippen LogP contribution in [-0.4, -0.2) is 23.3 Å². The number of hydrogen-bond acceptors (Lipinski definition) is 2. The molecule has 0 amide bonds. The second-order valence-corrected chi connectivity index (χ2v) is 3.42. The van der Waals surface area contributed by atoms with Crippen LogP contribution in [0.5, 0.6) is 0 Å². The fourth-order valence-electron chi connectivity index (χ4n) is 0.381. The van der Waals surface area contributed by atoms with Gasteiger partial charge in [-0.05, 0) is 0 Å². The van der Waals surface area contributed by atoms with E-state index in [1.165, 1.54) is 7.11 Å². The molecule has 5 heteroatoms. The molecule has 0 aliphatic carbocycles. The Kier molecular flexibility index (Phi) is 5.22. The molecule has 60 valence electrons. The first kappa shape index (κ1) is 10.3. The van der Waals surface area contributed by atoms with E-state index in [1.807, 2.05) is 0 Å². The number of carbonyl (C=O) groups is 1. The van der Waals surface area contributed by atoms with E-state index in [9.17, 15) is 4.79 Å². The highest BCUT2D eigenvalue weighted by Crippen LogP contribution is 2.14. The minimum absolute atomic E-state index is 0.206.